The third-order valence-corrected chi connectivity index (χ3v) is 4.14. The van der Waals surface area contributed by atoms with E-state index in [0.29, 0.717) is 36.3 Å². The molecule has 0 bridgehead atoms. The summed E-state index contributed by atoms with van der Waals surface area (Å²) in [5.41, 5.74) is 1.45. The van der Waals surface area contributed by atoms with Gasteiger partial charge in [0.2, 0.25) is 5.88 Å². The van der Waals surface area contributed by atoms with Crippen molar-refractivity contribution in [1.29, 1.82) is 0 Å². The van der Waals surface area contributed by atoms with Crippen molar-refractivity contribution in [2.75, 3.05) is 7.11 Å². The summed E-state index contributed by atoms with van der Waals surface area (Å²) in [6.07, 6.45) is 2.91. The third kappa shape index (κ3) is 4.26. The van der Waals surface area contributed by atoms with Crippen LogP contribution in [0.3, 0.4) is 0 Å². The molecular weight excluding hydrogens is 320 g/mol. The van der Waals surface area contributed by atoms with Gasteiger partial charge in [-0.1, -0.05) is 32.4 Å². The quantitative estimate of drug-likeness (QED) is 0.781. The van der Waals surface area contributed by atoms with Crippen molar-refractivity contribution in [3.8, 4) is 5.88 Å². The Kier molecular flexibility index (Phi) is 6.33. The van der Waals surface area contributed by atoms with Crippen LogP contribution in [0.15, 0.2) is 29.1 Å². The first-order valence-corrected chi connectivity index (χ1v) is 8.50. The van der Waals surface area contributed by atoms with E-state index in [1.54, 1.807) is 28.8 Å². The molecule has 0 atom stereocenters. The van der Waals surface area contributed by atoms with Crippen LogP contribution in [-0.2, 0) is 24.1 Å². The molecule has 0 saturated heterocycles. The molecule has 0 radical (unpaired) electrons. The number of ether oxygens (including phenoxy) is 1. The first-order valence-electron chi connectivity index (χ1n) is 8.50. The second kappa shape index (κ2) is 8.46. The van der Waals surface area contributed by atoms with Gasteiger partial charge in [-0.05, 0) is 30.5 Å². The molecule has 25 heavy (non-hydrogen) atoms. The van der Waals surface area contributed by atoms with Gasteiger partial charge in [0, 0.05) is 6.42 Å². The number of hydrogen-bond acceptors (Lipinski definition) is 5. The maximum Gasteiger partial charge on any atom is 0.337 e. The lowest BCUT2D eigenvalue weighted by Crippen LogP contribution is -2.28. The van der Waals surface area contributed by atoms with Crippen LogP contribution in [0, 0.1) is 0 Å². The summed E-state index contributed by atoms with van der Waals surface area (Å²) < 4.78 is 6.30. The van der Waals surface area contributed by atoms with Gasteiger partial charge >= 0.3 is 5.97 Å². The van der Waals surface area contributed by atoms with E-state index in [0.717, 1.165) is 18.4 Å². The Balaban J connectivity index is 2.39. The number of carbonyl (C=O) groups excluding carboxylic acids is 1. The first kappa shape index (κ1) is 18.7. The molecule has 0 aliphatic heterocycles. The minimum absolute atomic E-state index is 0.170. The van der Waals surface area contributed by atoms with E-state index in [2.05, 4.69) is 16.6 Å². The van der Waals surface area contributed by atoms with Crippen molar-refractivity contribution >= 4 is 5.97 Å². The number of nitrogens with zero attached hydrogens (tertiary/aromatic N) is 2. The van der Waals surface area contributed by atoms with E-state index in [1.807, 2.05) is 6.92 Å². The smallest absolute Gasteiger partial charge is 0.337 e. The molecule has 2 rings (SSSR count). The van der Waals surface area contributed by atoms with E-state index in [4.69, 9.17) is 0 Å². The average Bonchev–Trinajstić information content (AvgIpc) is 2.62. The van der Waals surface area contributed by atoms with Gasteiger partial charge in [-0.2, -0.15) is 4.98 Å². The summed E-state index contributed by atoms with van der Waals surface area (Å²) in [5.74, 6) is 0.0152. The van der Waals surface area contributed by atoms with Crippen LogP contribution in [0.2, 0.25) is 0 Å². The first-order chi connectivity index (χ1) is 12.0. The fraction of sp³-hybridized carbons (Fsp3) is 0.421. The van der Waals surface area contributed by atoms with E-state index in [-0.39, 0.29) is 11.4 Å². The summed E-state index contributed by atoms with van der Waals surface area (Å²) in [7, 11) is 1.34. The SMILES string of the molecule is CCCCc1nc(O)c(CC)c(=O)n1Cc1ccc(C(=O)OC)cc1. The van der Waals surface area contributed by atoms with Gasteiger partial charge in [-0.3, -0.25) is 9.36 Å². The van der Waals surface area contributed by atoms with E-state index < -0.39 is 5.97 Å². The minimum atomic E-state index is -0.396. The summed E-state index contributed by atoms with van der Waals surface area (Å²) in [4.78, 5) is 28.5. The average molecular weight is 344 g/mol. The lowest BCUT2D eigenvalue weighted by atomic mass is 10.1. The van der Waals surface area contributed by atoms with Crippen LogP contribution in [-0.4, -0.2) is 27.7 Å². The highest BCUT2D eigenvalue weighted by atomic mass is 16.5. The molecule has 1 aromatic carbocycles. The normalized spacial score (nSPS) is 10.7. The molecule has 1 N–H and O–H groups in total. The third-order valence-electron chi connectivity index (χ3n) is 4.14. The van der Waals surface area contributed by atoms with Crippen molar-refractivity contribution in [2.24, 2.45) is 0 Å². The van der Waals surface area contributed by atoms with Crippen molar-refractivity contribution in [2.45, 2.75) is 46.1 Å². The zero-order valence-corrected chi connectivity index (χ0v) is 14.9. The fourth-order valence-corrected chi connectivity index (χ4v) is 2.67. The molecule has 0 spiro atoms. The second-order valence-corrected chi connectivity index (χ2v) is 5.87. The van der Waals surface area contributed by atoms with Crippen molar-refractivity contribution in [3.63, 3.8) is 0 Å². The minimum Gasteiger partial charge on any atom is -0.493 e. The van der Waals surface area contributed by atoms with Gasteiger partial charge in [-0.25, -0.2) is 4.79 Å². The van der Waals surface area contributed by atoms with Crippen LogP contribution in [0.5, 0.6) is 5.88 Å². The lowest BCUT2D eigenvalue weighted by molar-refractivity contribution is 0.0600. The summed E-state index contributed by atoms with van der Waals surface area (Å²) in [5, 5.41) is 10.0. The maximum absolute atomic E-state index is 12.7. The Morgan fingerprint density at radius 1 is 1.24 bits per heavy atom. The summed E-state index contributed by atoms with van der Waals surface area (Å²) >= 11 is 0. The Bertz CT molecular complexity index is 794. The molecule has 134 valence electrons. The van der Waals surface area contributed by atoms with Gasteiger partial charge < -0.3 is 9.84 Å². The number of benzene rings is 1. The highest BCUT2D eigenvalue weighted by molar-refractivity contribution is 5.89. The highest BCUT2D eigenvalue weighted by Crippen LogP contribution is 2.15. The van der Waals surface area contributed by atoms with Gasteiger partial charge in [0.15, 0.2) is 0 Å². The van der Waals surface area contributed by atoms with Crippen LogP contribution >= 0.6 is 0 Å². The van der Waals surface area contributed by atoms with Crippen molar-refractivity contribution in [1.82, 2.24) is 9.55 Å². The molecular formula is C19H24N2O4. The number of hydrogen-bond donors (Lipinski definition) is 1. The standard InChI is InChI=1S/C19H24N2O4/c1-4-6-7-16-20-17(22)15(5-2)18(23)21(16)12-13-8-10-14(11-9-13)19(24)25-3/h8-11,22H,4-7,12H2,1-3H3. The van der Waals surface area contributed by atoms with E-state index in [9.17, 15) is 14.7 Å². The van der Waals surface area contributed by atoms with Crippen LogP contribution in [0.25, 0.3) is 0 Å². The molecule has 6 heteroatoms. The molecule has 0 saturated carbocycles. The predicted octanol–water partition coefficient (Wildman–Crippen LogP) is 2.69. The Morgan fingerprint density at radius 3 is 2.48 bits per heavy atom. The van der Waals surface area contributed by atoms with Gasteiger partial charge in [-0.15, -0.1) is 0 Å². The summed E-state index contributed by atoms with van der Waals surface area (Å²) in [6, 6.07) is 6.93. The number of unbranched alkanes of at least 4 members (excludes halogenated alkanes) is 1. The molecule has 0 unspecified atom stereocenters. The largest absolute Gasteiger partial charge is 0.493 e. The molecule has 6 nitrogen and oxygen atoms in total. The second-order valence-electron chi connectivity index (χ2n) is 5.87. The van der Waals surface area contributed by atoms with E-state index >= 15 is 0 Å². The Hall–Kier alpha value is -2.63. The molecule has 0 aliphatic rings. The molecule has 0 aliphatic carbocycles. The van der Waals surface area contributed by atoms with Gasteiger partial charge in [0.1, 0.15) is 5.82 Å². The number of methoxy groups -OCH3 is 1. The topological polar surface area (TPSA) is 81.4 Å². The lowest BCUT2D eigenvalue weighted by Gasteiger charge is -2.14. The molecule has 0 amide bonds. The maximum atomic E-state index is 12.7. The van der Waals surface area contributed by atoms with Crippen LogP contribution < -0.4 is 5.56 Å². The summed E-state index contributed by atoms with van der Waals surface area (Å²) in [6.45, 7) is 4.23. The molecule has 1 heterocycles. The predicted molar refractivity (Wildman–Crippen MR) is 95.0 cm³/mol. The van der Waals surface area contributed by atoms with Crippen molar-refractivity contribution < 1.29 is 14.6 Å². The number of carbonyl (C=O) groups is 1. The fourth-order valence-electron chi connectivity index (χ4n) is 2.67. The number of rotatable bonds is 7. The Labute approximate surface area is 147 Å². The Morgan fingerprint density at radius 2 is 1.92 bits per heavy atom. The molecule has 2 aromatic rings. The van der Waals surface area contributed by atoms with Crippen molar-refractivity contribution in [3.05, 3.63) is 57.1 Å². The molecule has 0 fully saturated rings. The van der Waals surface area contributed by atoms with E-state index in [1.165, 1.54) is 7.11 Å². The highest BCUT2D eigenvalue weighted by Gasteiger charge is 2.15. The number of esters is 1. The number of aromatic nitrogens is 2. The van der Waals surface area contributed by atoms with Gasteiger partial charge in [0.05, 0.1) is 24.8 Å². The zero-order valence-electron chi connectivity index (χ0n) is 14.9. The van der Waals surface area contributed by atoms with Crippen LogP contribution in [0.4, 0.5) is 0 Å². The number of aryl methyl sites for hydroxylation is 1. The van der Waals surface area contributed by atoms with Crippen LogP contribution in [0.1, 0.15) is 54.0 Å². The number of aromatic hydroxyl groups is 1. The molecule has 1 aromatic heterocycles. The monoisotopic (exact) mass is 344 g/mol. The zero-order chi connectivity index (χ0) is 18.4. The van der Waals surface area contributed by atoms with Gasteiger partial charge in [0.25, 0.3) is 5.56 Å².